The lowest BCUT2D eigenvalue weighted by Crippen LogP contribution is -2.12. The molecule has 0 atom stereocenters. The van der Waals surface area contributed by atoms with Gasteiger partial charge in [-0.1, -0.05) is 13.2 Å². The van der Waals surface area contributed by atoms with Crippen molar-refractivity contribution in [1.29, 1.82) is 0 Å². The van der Waals surface area contributed by atoms with Crippen molar-refractivity contribution in [3.63, 3.8) is 0 Å². The summed E-state index contributed by atoms with van der Waals surface area (Å²) in [6.07, 6.45) is 0.505. The smallest absolute Gasteiger partial charge is 0.343 e. The maximum absolute atomic E-state index is 12.6. The van der Waals surface area contributed by atoms with Crippen LogP contribution in [0, 0.1) is 6.92 Å². The Hall–Kier alpha value is -5.38. The fourth-order valence-electron chi connectivity index (χ4n) is 3.31. The molecule has 0 aliphatic carbocycles. The Balaban J connectivity index is 1.47. The van der Waals surface area contributed by atoms with Crippen LogP contribution >= 0.6 is 0 Å². The lowest BCUT2D eigenvalue weighted by Gasteiger charge is -2.11. The number of esters is 4. The largest absolute Gasteiger partial charge is 0.493 e. The van der Waals surface area contributed by atoms with Gasteiger partial charge in [0.25, 0.3) is 0 Å². The number of carbonyl (C=O) groups is 4. The van der Waals surface area contributed by atoms with Gasteiger partial charge in [0.15, 0.2) is 0 Å². The van der Waals surface area contributed by atoms with Gasteiger partial charge in [-0.3, -0.25) is 0 Å². The van der Waals surface area contributed by atoms with E-state index < -0.39 is 23.9 Å². The van der Waals surface area contributed by atoms with E-state index in [4.69, 9.17) is 28.4 Å². The van der Waals surface area contributed by atoms with Gasteiger partial charge >= 0.3 is 23.9 Å². The van der Waals surface area contributed by atoms with Crippen molar-refractivity contribution < 1.29 is 47.6 Å². The molecule has 0 bridgehead atoms. The minimum absolute atomic E-state index is 0.216. The van der Waals surface area contributed by atoms with Crippen molar-refractivity contribution in [2.75, 3.05) is 20.0 Å². The Morgan fingerprint density at radius 1 is 0.628 bits per heavy atom. The second-order valence-electron chi connectivity index (χ2n) is 9.35. The number of hydrogen-bond donors (Lipinski definition) is 0. The molecule has 224 valence electrons. The van der Waals surface area contributed by atoms with Gasteiger partial charge in [-0.25, -0.2) is 19.2 Å². The molecular weight excluding hydrogens is 556 g/mol. The Morgan fingerprint density at radius 2 is 1.14 bits per heavy atom. The monoisotopic (exact) mass is 588 g/mol. The van der Waals surface area contributed by atoms with Gasteiger partial charge in [-0.15, -0.1) is 0 Å². The van der Waals surface area contributed by atoms with E-state index in [1.165, 1.54) is 31.2 Å². The highest BCUT2D eigenvalue weighted by Crippen LogP contribution is 2.26. The van der Waals surface area contributed by atoms with Crippen LogP contribution < -0.4 is 18.9 Å². The fourth-order valence-corrected chi connectivity index (χ4v) is 3.31. The molecule has 10 heteroatoms. The predicted octanol–water partition coefficient (Wildman–Crippen LogP) is 5.78. The molecule has 0 aliphatic heterocycles. The maximum Gasteiger partial charge on any atom is 0.343 e. The molecular formula is C33H32O10. The number of aryl methyl sites for hydroxylation is 1. The maximum atomic E-state index is 12.6. The minimum Gasteiger partial charge on any atom is -0.493 e. The van der Waals surface area contributed by atoms with Crippen LogP contribution in [0.3, 0.4) is 0 Å². The fraction of sp³-hybridized carbons (Fsp3) is 0.212. The summed E-state index contributed by atoms with van der Waals surface area (Å²) in [7, 11) is 0. The zero-order chi connectivity index (χ0) is 31.4. The Kier molecular flexibility index (Phi) is 11.6. The molecule has 0 spiro atoms. The molecule has 0 heterocycles. The molecule has 0 aliphatic rings. The van der Waals surface area contributed by atoms with Crippen molar-refractivity contribution in [2.24, 2.45) is 0 Å². The van der Waals surface area contributed by atoms with Crippen LogP contribution in [-0.4, -0.2) is 43.9 Å². The van der Waals surface area contributed by atoms with Crippen molar-refractivity contribution in [3.8, 4) is 23.0 Å². The highest BCUT2D eigenvalue weighted by Gasteiger charge is 2.14. The van der Waals surface area contributed by atoms with Gasteiger partial charge in [-0.05, 0) is 93.1 Å². The average molecular weight is 589 g/mol. The number of hydrogen-bond acceptors (Lipinski definition) is 10. The topological polar surface area (TPSA) is 124 Å². The van der Waals surface area contributed by atoms with Crippen molar-refractivity contribution in [2.45, 2.75) is 27.2 Å². The summed E-state index contributed by atoms with van der Waals surface area (Å²) >= 11 is 0. The third-order valence-corrected chi connectivity index (χ3v) is 5.64. The summed E-state index contributed by atoms with van der Waals surface area (Å²) in [5, 5.41) is 0. The highest BCUT2D eigenvalue weighted by atomic mass is 16.7. The molecule has 0 unspecified atom stereocenters. The first-order chi connectivity index (χ1) is 20.5. The van der Waals surface area contributed by atoms with Crippen LogP contribution in [0.25, 0.3) is 0 Å². The van der Waals surface area contributed by atoms with E-state index in [-0.39, 0.29) is 30.3 Å². The van der Waals surface area contributed by atoms with Crippen LogP contribution in [0.5, 0.6) is 23.0 Å². The van der Waals surface area contributed by atoms with Gasteiger partial charge in [-0.2, -0.15) is 0 Å². The molecule has 0 radical (unpaired) electrons. The number of rotatable bonds is 14. The highest BCUT2D eigenvalue weighted by molar-refractivity contribution is 5.92. The number of ether oxygens (including phenoxy) is 6. The van der Waals surface area contributed by atoms with E-state index in [0.717, 1.165) is 0 Å². The van der Waals surface area contributed by atoms with Crippen molar-refractivity contribution >= 4 is 23.9 Å². The molecule has 10 nitrogen and oxygen atoms in total. The molecule has 3 rings (SSSR count). The van der Waals surface area contributed by atoms with E-state index in [1.807, 2.05) is 0 Å². The van der Waals surface area contributed by atoms with Crippen LogP contribution in [0.15, 0.2) is 91.0 Å². The first kappa shape index (κ1) is 32.1. The Morgan fingerprint density at radius 3 is 1.70 bits per heavy atom. The van der Waals surface area contributed by atoms with Gasteiger partial charge in [0, 0.05) is 17.6 Å². The van der Waals surface area contributed by atoms with E-state index in [9.17, 15) is 19.2 Å². The average Bonchev–Trinajstić information content (AvgIpc) is 2.98. The Bertz CT molecular complexity index is 1490. The van der Waals surface area contributed by atoms with Crippen LogP contribution in [-0.2, 0) is 19.1 Å². The molecule has 0 saturated carbocycles. The third-order valence-electron chi connectivity index (χ3n) is 5.64. The summed E-state index contributed by atoms with van der Waals surface area (Å²) < 4.78 is 31.8. The van der Waals surface area contributed by atoms with Gasteiger partial charge in [0.1, 0.15) is 23.0 Å². The lowest BCUT2D eigenvalue weighted by molar-refractivity contribution is -0.145. The molecule has 0 N–H and O–H groups in total. The normalized spacial score (nSPS) is 10.2. The standard InChI is InChI=1S/C33H32O10/c1-21(2)30(34)39-18-6-17-38-26-11-7-24(8-12-26)32(36)42-28-15-16-29(23(5)19-28)43-33(37)25-9-13-27(14-10-25)40-20-41-31(35)22(3)4/h7-16,19H,1,3,6,17-18,20H2,2,4-5H3. The second-order valence-corrected chi connectivity index (χ2v) is 9.35. The quantitative estimate of drug-likeness (QED) is 0.0753. The Labute approximate surface area is 249 Å². The van der Waals surface area contributed by atoms with Gasteiger partial charge in [0.05, 0.1) is 24.3 Å². The summed E-state index contributed by atoms with van der Waals surface area (Å²) in [4.78, 5) is 48.0. The summed E-state index contributed by atoms with van der Waals surface area (Å²) in [6, 6.07) is 17.2. The molecule has 3 aromatic carbocycles. The van der Waals surface area contributed by atoms with E-state index in [2.05, 4.69) is 13.2 Å². The molecule has 0 fully saturated rings. The van der Waals surface area contributed by atoms with Gasteiger partial charge < -0.3 is 28.4 Å². The molecule has 3 aromatic rings. The summed E-state index contributed by atoms with van der Waals surface area (Å²) in [5.74, 6) is -0.642. The summed E-state index contributed by atoms with van der Waals surface area (Å²) in [5.41, 5.74) is 1.77. The lowest BCUT2D eigenvalue weighted by atomic mass is 10.2. The molecule has 0 saturated heterocycles. The van der Waals surface area contributed by atoms with Gasteiger partial charge in [0.2, 0.25) is 6.79 Å². The van der Waals surface area contributed by atoms with Crippen LogP contribution in [0.1, 0.15) is 46.5 Å². The zero-order valence-corrected chi connectivity index (χ0v) is 24.2. The number of carbonyl (C=O) groups excluding carboxylic acids is 4. The minimum atomic E-state index is -0.594. The molecule has 0 amide bonds. The van der Waals surface area contributed by atoms with Crippen molar-refractivity contribution in [1.82, 2.24) is 0 Å². The molecule has 43 heavy (non-hydrogen) atoms. The third kappa shape index (κ3) is 10.2. The van der Waals surface area contributed by atoms with E-state index in [1.54, 1.807) is 56.3 Å². The van der Waals surface area contributed by atoms with Crippen LogP contribution in [0.2, 0.25) is 0 Å². The SMILES string of the molecule is C=C(C)C(=O)OCCCOc1ccc(C(=O)Oc2ccc(OC(=O)c3ccc(OCOC(=O)C(=C)C)cc3)c(C)c2)cc1. The second kappa shape index (κ2) is 15.6. The van der Waals surface area contributed by atoms with E-state index >= 15 is 0 Å². The number of benzene rings is 3. The zero-order valence-electron chi connectivity index (χ0n) is 24.2. The molecule has 0 aromatic heterocycles. The first-order valence-electron chi connectivity index (χ1n) is 13.2. The first-order valence-corrected chi connectivity index (χ1v) is 13.2. The summed E-state index contributed by atoms with van der Waals surface area (Å²) in [6.45, 7) is 12.1. The van der Waals surface area contributed by atoms with Crippen molar-refractivity contribution in [3.05, 3.63) is 108 Å². The van der Waals surface area contributed by atoms with Crippen LogP contribution in [0.4, 0.5) is 0 Å². The predicted molar refractivity (Wildman–Crippen MR) is 156 cm³/mol. The van der Waals surface area contributed by atoms with E-state index in [0.29, 0.717) is 47.0 Å².